The van der Waals surface area contributed by atoms with E-state index in [4.69, 9.17) is 0 Å². The van der Waals surface area contributed by atoms with E-state index in [0.717, 1.165) is 49.1 Å². The maximum absolute atomic E-state index is 12.3. The van der Waals surface area contributed by atoms with E-state index >= 15 is 0 Å². The van der Waals surface area contributed by atoms with Gasteiger partial charge in [-0.25, -0.2) is 0 Å². The van der Waals surface area contributed by atoms with Crippen molar-refractivity contribution in [2.75, 3.05) is 50.3 Å². The monoisotopic (exact) mass is 334 g/mol. The first-order chi connectivity index (χ1) is 11.2. The van der Waals surface area contributed by atoms with Crippen LogP contribution in [0.5, 0.6) is 0 Å². The lowest BCUT2D eigenvalue weighted by molar-refractivity contribution is -0.115. The summed E-state index contributed by atoms with van der Waals surface area (Å²) in [6.07, 6.45) is 0.506. The average Bonchev–Trinajstić information content (AvgIpc) is 2.75. The summed E-state index contributed by atoms with van der Waals surface area (Å²) < 4.78 is 0. The van der Waals surface area contributed by atoms with Gasteiger partial charge in [0.05, 0.1) is 5.69 Å². The molecule has 1 aromatic rings. The van der Waals surface area contributed by atoms with Crippen molar-refractivity contribution < 1.29 is 9.59 Å². The topological polar surface area (TPSA) is 73.5 Å². The van der Waals surface area contributed by atoms with E-state index in [9.17, 15) is 9.59 Å². The van der Waals surface area contributed by atoms with Crippen LogP contribution in [-0.2, 0) is 4.79 Å². The van der Waals surface area contributed by atoms with Crippen LogP contribution in [0, 0.1) is 0 Å². The summed E-state index contributed by atoms with van der Waals surface area (Å²) in [6.45, 7) is 5.57. The van der Waals surface area contributed by atoms with Crippen molar-refractivity contribution in [3.8, 4) is 0 Å². The van der Waals surface area contributed by atoms with Crippen LogP contribution in [-0.4, -0.2) is 61.7 Å². The number of piperazine rings is 1. The molecule has 0 bridgehead atoms. The van der Waals surface area contributed by atoms with Gasteiger partial charge in [0.15, 0.2) is 0 Å². The van der Waals surface area contributed by atoms with E-state index in [2.05, 4.69) is 20.9 Å². The lowest BCUT2D eigenvalue weighted by Crippen LogP contribution is -2.46. The quantitative estimate of drug-likeness (QED) is 0.758. The minimum absolute atomic E-state index is 0.00696. The van der Waals surface area contributed by atoms with E-state index in [0.29, 0.717) is 18.5 Å². The highest BCUT2D eigenvalue weighted by atomic mass is 32.2. The molecule has 6 nitrogen and oxygen atoms in total. The second-order valence-corrected chi connectivity index (χ2v) is 6.84. The molecule has 7 heteroatoms. The van der Waals surface area contributed by atoms with Gasteiger partial charge >= 0.3 is 0 Å². The molecule has 2 amide bonds. The van der Waals surface area contributed by atoms with Crippen molar-refractivity contribution in [3.05, 3.63) is 23.8 Å². The summed E-state index contributed by atoms with van der Waals surface area (Å²) in [5.74, 6) is 0.689. The molecule has 0 unspecified atom stereocenters. The standard InChI is InChI=1S/C16H22N4O2S/c21-15-3-10-23-14-2-1-12(11-13(14)19-15)16(22)18-6-9-20-7-4-17-5-8-20/h1-2,11,17H,3-10H2,(H,18,22)(H,19,21). The molecular formula is C16H22N4O2S. The number of carbonyl (C=O) groups excluding carboxylic acids is 2. The number of anilines is 1. The van der Waals surface area contributed by atoms with Crippen molar-refractivity contribution in [1.82, 2.24) is 15.5 Å². The molecule has 2 aliphatic heterocycles. The zero-order valence-electron chi connectivity index (χ0n) is 13.1. The normalized spacial score (nSPS) is 18.7. The number of rotatable bonds is 4. The SMILES string of the molecule is O=C1CCSc2ccc(C(=O)NCCN3CCNCC3)cc2N1. The minimum Gasteiger partial charge on any atom is -0.351 e. The van der Waals surface area contributed by atoms with E-state index in [1.165, 1.54) is 0 Å². The largest absolute Gasteiger partial charge is 0.351 e. The number of carbonyl (C=O) groups is 2. The van der Waals surface area contributed by atoms with Crippen molar-refractivity contribution in [1.29, 1.82) is 0 Å². The molecule has 2 aliphatic rings. The number of hydrogen-bond acceptors (Lipinski definition) is 5. The molecule has 1 saturated heterocycles. The minimum atomic E-state index is -0.0913. The Balaban J connectivity index is 1.55. The van der Waals surface area contributed by atoms with Gasteiger partial charge in [0.25, 0.3) is 5.91 Å². The van der Waals surface area contributed by atoms with Gasteiger partial charge in [0.1, 0.15) is 0 Å². The number of benzene rings is 1. The summed E-state index contributed by atoms with van der Waals surface area (Å²) in [4.78, 5) is 27.3. The highest BCUT2D eigenvalue weighted by molar-refractivity contribution is 7.99. The summed E-state index contributed by atoms with van der Waals surface area (Å²) in [5, 5.41) is 9.14. The van der Waals surface area contributed by atoms with E-state index in [-0.39, 0.29) is 11.8 Å². The fourth-order valence-electron chi connectivity index (χ4n) is 2.73. The third-order valence-corrected chi connectivity index (χ3v) is 5.10. The molecule has 0 radical (unpaired) electrons. The Kier molecular flexibility index (Phi) is 5.53. The van der Waals surface area contributed by atoms with Crippen LogP contribution in [0.4, 0.5) is 5.69 Å². The van der Waals surface area contributed by atoms with Crippen molar-refractivity contribution in [2.45, 2.75) is 11.3 Å². The first-order valence-corrected chi connectivity index (χ1v) is 8.99. The van der Waals surface area contributed by atoms with Crippen molar-refractivity contribution >= 4 is 29.3 Å². The van der Waals surface area contributed by atoms with Gasteiger partial charge in [0.2, 0.25) is 5.91 Å². The second-order valence-electron chi connectivity index (χ2n) is 5.71. The number of nitrogens with zero attached hydrogens (tertiary/aromatic N) is 1. The fourth-order valence-corrected chi connectivity index (χ4v) is 3.66. The number of thioether (sulfide) groups is 1. The average molecular weight is 334 g/mol. The van der Waals surface area contributed by atoms with Gasteiger partial charge in [0, 0.05) is 61.9 Å². The van der Waals surface area contributed by atoms with Crippen LogP contribution in [0.2, 0.25) is 0 Å². The van der Waals surface area contributed by atoms with E-state index in [1.807, 2.05) is 12.1 Å². The summed E-state index contributed by atoms with van der Waals surface area (Å²) >= 11 is 1.64. The fraction of sp³-hybridized carbons (Fsp3) is 0.500. The molecule has 1 aromatic carbocycles. The predicted molar refractivity (Wildman–Crippen MR) is 92.1 cm³/mol. The number of fused-ring (bicyclic) bond motifs is 1. The van der Waals surface area contributed by atoms with Crippen molar-refractivity contribution in [2.24, 2.45) is 0 Å². The predicted octanol–water partition coefficient (Wildman–Crippen LogP) is 0.756. The Labute approximate surface area is 140 Å². The van der Waals surface area contributed by atoms with Crippen LogP contribution < -0.4 is 16.0 Å². The first kappa shape index (κ1) is 16.3. The van der Waals surface area contributed by atoms with Crippen LogP contribution in [0.3, 0.4) is 0 Å². The van der Waals surface area contributed by atoms with Crippen LogP contribution in [0.25, 0.3) is 0 Å². The molecule has 3 N–H and O–H groups in total. The summed E-state index contributed by atoms with van der Waals surface area (Å²) in [7, 11) is 0. The van der Waals surface area contributed by atoms with Gasteiger partial charge in [-0.1, -0.05) is 0 Å². The summed E-state index contributed by atoms with van der Waals surface area (Å²) in [5.41, 5.74) is 1.33. The third kappa shape index (κ3) is 4.46. The van der Waals surface area contributed by atoms with Gasteiger partial charge in [-0.05, 0) is 18.2 Å². The highest BCUT2D eigenvalue weighted by Gasteiger charge is 2.16. The highest BCUT2D eigenvalue weighted by Crippen LogP contribution is 2.31. The molecule has 0 aliphatic carbocycles. The molecule has 1 fully saturated rings. The molecule has 23 heavy (non-hydrogen) atoms. The molecule has 124 valence electrons. The van der Waals surface area contributed by atoms with Gasteiger partial charge in [-0.15, -0.1) is 11.8 Å². The number of amides is 2. The Morgan fingerprint density at radius 1 is 1.30 bits per heavy atom. The lowest BCUT2D eigenvalue weighted by atomic mass is 10.2. The van der Waals surface area contributed by atoms with E-state index in [1.54, 1.807) is 17.8 Å². The van der Waals surface area contributed by atoms with Crippen LogP contribution in [0.15, 0.2) is 23.1 Å². The Hall–Kier alpha value is -1.57. The number of nitrogens with one attached hydrogen (secondary N) is 3. The maximum atomic E-state index is 12.3. The third-order valence-electron chi connectivity index (χ3n) is 4.03. The van der Waals surface area contributed by atoms with E-state index < -0.39 is 0 Å². The maximum Gasteiger partial charge on any atom is 0.251 e. The zero-order valence-corrected chi connectivity index (χ0v) is 13.9. The van der Waals surface area contributed by atoms with Gasteiger partial charge in [-0.3, -0.25) is 14.5 Å². The Bertz CT molecular complexity index is 587. The zero-order chi connectivity index (χ0) is 16.1. The van der Waals surface area contributed by atoms with Crippen LogP contribution in [0.1, 0.15) is 16.8 Å². The molecular weight excluding hydrogens is 312 g/mol. The smallest absolute Gasteiger partial charge is 0.251 e. The lowest BCUT2D eigenvalue weighted by Gasteiger charge is -2.27. The molecule has 0 atom stereocenters. The van der Waals surface area contributed by atoms with Crippen LogP contribution >= 0.6 is 11.8 Å². The molecule has 2 heterocycles. The number of hydrogen-bond donors (Lipinski definition) is 3. The second kappa shape index (κ2) is 7.81. The van der Waals surface area contributed by atoms with Gasteiger partial charge in [-0.2, -0.15) is 0 Å². The van der Waals surface area contributed by atoms with Gasteiger partial charge < -0.3 is 16.0 Å². The molecule has 0 saturated carbocycles. The molecule has 3 rings (SSSR count). The molecule has 0 aromatic heterocycles. The molecule has 0 spiro atoms. The Morgan fingerprint density at radius 2 is 2.13 bits per heavy atom. The first-order valence-electron chi connectivity index (χ1n) is 8.00. The summed E-state index contributed by atoms with van der Waals surface area (Å²) in [6, 6.07) is 5.51. The Morgan fingerprint density at radius 3 is 2.96 bits per heavy atom. The van der Waals surface area contributed by atoms with Crippen molar-refractivity contribution in [3.63, 3.8) is 0 Å².